The minimum atomic E-state index is -4.26. The van der Waals surface area contributed by atoms with Crippen LogP contribution in [0.1, 0.15) is 206 Å². The number of hydrogen-bond acceptors (Lipinski definition) is 7. The first-order chi connectivity index (χ1) is 26.8. The van der Waals surface area contributed by atoms with Crippen molar-refractivity contribution in [1.82, 2.24) is 0 Å². The molecule has 0 saturated heterocycles. The molecule has 9 heteroatoms. The Balaban J connectivity index is 3.98. The fraction of sp³-hybridized carbons (Fsp3) is 0.783. The molecule has 0 saturated carbocycles. The zero-order valence-corrected chi connectivity index (χ0v) is 36.5. The fourth-order valence-electron chi connectivity index (χ4n) is 6.18. The lowest BCUT2D eigenvalue weighted by Gasteiger charge is -2.19. The van der Waals surface area contributed by atoms with Crippen molar-refractivity contribution in [1.29, 1.82) is 0 Å². The summed E-state index contributed by atoms with van der Waals surface area (Å²) in [4.78, 5) is 34.5. The average molecular weight is 795 g/mol. The smallest absolute Gasteiger partial charge is 0.462 e. The Kier molecular flexibility index (Phi) is 40.1. The first-order valence-corrected chi connectivity index (χ1v) is 23.8. The molecule has 0 aromatic heterocycles. The number of esters is 2. The number of phosphoric ester groups is 1. The van der Waals surface area contributed by atoms with Crippen LogP contribution in [-0.2, 0) is 32.7 Å². The molecule has 0 aliphatic rings. The molecule has 0 bridgehead atoms. The van der Waals surface area contributed by atoms with E-state index in [1.165, 1.54) is 103 Å². The van der Waals surface area contributed by atoms with Crippen LogP contribution in [0, 0.1) is 0 Å². The maximum atomic E-state index is 12.5. The van der Waals surface area contributed by atoms with E-state index in [2.05, 4.69) is 67.0 Å². The highest BCUT2D eigenvalue weighted by molar-refractivity contribution is 7.47. The normalized spacial score (nSPS) is 13.7. The predicted octanol–water partition coefficient (Wildman–Crippen LogP) is 14.2. The standard InChI is InChI=1S/C46H83O8P/c1-4-6-8-10-12-14-16-18-20-21-22-23-24-25-27-29-31-33-35-37-39-41-46(48)54-44(43-53-55(49,50)51-3)42-52-45(47)40-38-36-34-32-30-28-26-19-17-15-13-11-9-7-5-2/h6,8,12,14,18,20,22-23,44H,4-5,7,9-11,13,15-17,19,21,24-43H2,1-3H3,(H,49,50)/b8-6-,14-12-,20-18-,23-22-. The molecule has 55 heavy (non-hydrogen) atoms. The molecule has 0 fully saturated rings. The minimum Gasteiger partial charge on any atom is -0.462 e. The highest BCUT2D eigenvalue weighted by Gasteiger charge is 2.24. The summed E-state index contributed by atoms with van der Waals surface area (Å²) < 4.78 is 32.0. The molecule has 1 N–H and O–H groups in total. The van der Waals surface area contributed by atoms with Crippen molar-refractivity contribution < 1.29 is 37.6 Å². The van der Waals surface area contributed by atoms with E-state index >= 15 is 0 Å². The van der Waals surface area contributed by atoms with Gasteiger partial charge >= 0.3 is 19.8 Å². The van der Waals surface area contributed by atoms with Crippen LogP contribution in [-0.4, -0.2) is 43.3 Å². The molecule has 2 atom stereocenters. The van der Waals surface area contributed by atoms with Crippen molar-refractivity contribution in [3.8, 4) is 0 Å². The quantitative estimate of drug-likeness (QED) is 0.0282. The molecule has 0 aliphatic carbocycles. The number of allylic oxidation sites excluding steroid dienone is 8. The van der Waals surface area contributed by atoms with Gasteiger partial charge in [-0.2, -0.15) is 0 Å². The third-order valence-electron chi connectivity index (χ3n) is 9.59. The SMILES string of the molecule is CC/C=C\C/C=C\C/C=C\C/C=C\CCCCCCCCCCC(=O)OC(COC(=O)CCCCCCCCCCCCCCCCC)COP(=O)(O)OC. The molecule has 8 nitrogen and oxygen atoms in total. The number of ether oxygens (including phenoxy) is 2. The largest absolute Gasteiger partial charge is 0.472 e. The zero-order chi connectivity index (χ0) is 40.3. The molecule has 0 heterocycles. The second-order valence-electron chi connectivity index (χ2n) is 14.8. The summed E-state index contributed by atoms with van der Waals surface area (Å²) >= 11 is 0. The van der Waals surface area contributed by atoms with E-state index in [-0.39, 0.29) is 19.0 Å². The minimum absolute atomic E-state index is 0.227. The van der Waals surface area contributed by atoms with E-state index in [1.54, 1.807) is 0 Å². The molecule has 320 valence electrons. The number of carbonyl (C=O) groups excluding carboxylic acids is 2. The summed E-state index contributed by atoms with van der Waals surface area (Å²) in [6.45, 7) is 3.78. The van der Waals surface area contributed by atoms with E-state index in [9.17, 15) is 19.0 Å². The van der Waals surface area contributed by atoms with Gasteiger partial charge in [0, 0.05) is 20.0 Å². The first-order valence-electron chi connectivity index (χ1n) is 22.3. The van der Waals surface area contributed by atoms with Gasteiger partial charge in [-0.15, -0.1) is 0 Å². The number of unbranched alkanes of at least 4 members (excludes halogenated alkanes) is 22. The second-order valence-corrected chi connectivity index (χ2v) is 16.4. The van der Waals surface area contributed by atoms with Crippen molar-refractivity contribution in [2.75, 3.05) is 20.3 Å². The van der Waals surface area contributed by atoms with Crippen molar-refractivity contribution in [2.24, 2.45) is 0 Å². The Morgan fingerprint density at radius 2 is 0.927 bits per heavy atom. The average Bonchev–Trinajstić information content (AvgIpc) is 3.18. The van der Waals surface area contributed by atoms with Gasteiger partial charge in [-0.25, -0.2) is 4.57 Å². The lowest BCUT2D eigenvalue weighted by Crippen LogP contribution is -2.29. The Bertz CT molecular complexity index is 1040. The monoisotopic (exact) mass is 795 g/mol. The number of carbonyl (C=O) groups is 2. The van der Waals surface area contributed by atoms with Gasteiger partial charge < -0.3 is 14.4 Å². The van der Waals surface area contributed by atoms with Crippen LogP contribution >= 0.6 is 7.82 Å². The van der Waals surface area contributed by atoms with E-state index in [4.69, 9.17) is 14.0 Å². The lowest BCUT2D eigenvalue weighted by molar-refractivity contribution is -0.161. The maximum Gasteiger partial charge on any atom is 0.472 e. The van der Waals surface area contributed by atoms with Gasteiger partial charge in [-0.3, -0.25) is 18.6 Å². The van der Waals surface area contributed by atoms with Crippen LogP contribution in [0.3, 0.4) is 0 Å². The van der Waals surface area contributed by atoms with E-state index in [1.807, 2.05) is 0 Å². The predicted molar refractivity (Wildman–Crippen MR) is 230 cm³/mol. The molecule has 0 aromatic rings. The van der Waals surface area contributed by atoms with Crippen LogP contribution in [0.25, 0.3) is 0 Å². The van der Waals surface area contributed by atoms with Gasteiger partial charge in [-0.1, -0.05) is 191 Å². The van der Waals surface area contributed by atoms with Gasteiger partial charge in [0.2, 0.25) is 0 Å². The van der Waals surface area contributed by atoms with Crippen LogP contribution in [0.2, 0.25) is 0 Å². The molecule has 0 amide bonds. The van der Waals surface area contributed by atoms with Gasteiger partial charge in [0.05, 0.1) is 6.61 Å². The molecular formula is C46H83O8P. The maximum absolute atomic E-state index is 12.5. The molecule has 0 aromatic carbocycles. The molecule has 0 radical (unpaired) electrons. The van der Waals surface area contributed by atoms with E-state index in [0.29, 0.717) is 12.8 Å². The third-order valence-corrected chi connectivity index (χ3v) is 10.5. The molecule has 2 unspecified atom stereocenters. The van der Waals surface area contributed by atoms with Crippen molar-refractivity contribution in [2.45, 2.75) is 213 Å². The van der Waals surface area contributed by atoms with Gasteiger partial charge in [0.15, 0.2) is 6.10 Å². The van der Waals surface area contributed by atoms with Crippen LogP contribution < -0.4 is 0 Å². The second kappa shape index (κ2) is 41.6. The number of rotatable bonds is 41. The Labute approximate surface area is 338 Å². The molecular weight excluding hydrogens is 711 g/mol. The highest BCUT2D eigenvalue weighted by Crippen LogP contribution is 2.42. The van der Waals surface area contributed by atoms with Gasteiger partial charge in [-0.05, 0) is 51.4 Å². The van der Waals surface area contributed by atoms with Gasteiger partial charge in [0.25, 0.3) is 0 Å². The number of hydrogen-bond donors (Lipinski definition) is 1. The summed E-state index contributed by atoms with van der Waals surface area (Å²) in [6.07, 6.45) is 50.2. The Morgan fingerprint density at radius 3 is 1.38 bits per heavy atom. The zero-order valence-electron chi connectivity index (χ0n) is 35.6. The van der Waals surface area contributed by atoms with Gasteiger partial charge in [0.1, 0.15) is 6.61 Å². The summed E-state index contributed by atoms with van der Waals surface area (Å²) in [6, 6.07) is 0. The molecule has 0 spiro atoms. The fourth-order valence-corrected chi connectivity index (χ4v) is 6.64. The van der Waals surface area contributed by atoms with E-state index in [0.717, 1.165) is 77.7 Å². The van der Waals surface area contributed by atoms with Crippen molar-refractivity contribution in [3.63, 3.8) is 0 Å². The molecule has 0 rings (SSSR count). The summed E-state index contributed by atoms with van der Waals surface area (Å²) in [5, 5.41) is 0. The topological polar surface area (TPSA) is 108 Å². The lowest BCUT2D eigenvalue weighted by atomic mass is 10.0. The van der Waals surface area contributed by atoms with E-state index < -0.39 is 26.5 Å². The summed E-state index contributed by atoms with van der Waals surface area (Å²) in [5.41, 5.74) is 0. The summed E-state index contributed by atoms with van der Waals surface area (Å²) in [5.74, 6) is -0.808. The van der Waals surface area contributed by atoms with Crippen molar-refractivity contribution >= 4 is 19.8 Å². The molecule has 0 aliphatic heterocycles. The summed E-state index contributed by atoms with van der Waals surface area (Å²) in [7, 11) is -3.20. The van der Waals surface area contributed by atoms with Crippen LogP contribution in [0.15, 0.2) is 48.6 Å². The third kappa shape index (κ3) is 41.5. The Morgan fingerprint density at radius 1 is 0.527 bits per heavy atom. The number of phosphoric acid groups is 1. The Hall–Kier alpha value is -1.99. The van der Waals surface area contributed by atoms with Crippen molar-refractivity contribution in [3.05, 3.63) is 48.6 Å². The van der Waals surface area contributed by atoms with Crippen LogP contribution in [0.4, 0.5) is 0 Å². The first kappa shape index (κ1) is 53.0. The van der Waals surface area contributed by atoms with Crippen LogP contribution in [0.5, 0.6) is 0 Å². The highest BCUT2D eigenvalue weighted by atomic mass is 31.2.